The van der Waals surface area contributed by atoms with E-state index in [4.69, 9.17) is 9.47 Å². The molecule has 2 aromatic carbocycles. The fraction of sp³-hybridized carbons (Fsp3) is 0.235. The van der Waals surface area contributed by atoms with Crippen LogP contribution in [0.25, 0.3) is 0 Å². The first-order valence-electron chi connectivity index (χ1n) is 7.43. The van der Waals surface area contributed by atoms with Crippen LogP contribution in [-0.2, 0) is 10.0 Å². The summed E-state index contributed by atoms with van der Waals surface area (Å²) in [5.41, 5.74) is 1.64. The normalized spacial score (nSPS) is 14.4. The number of hydrogen-bond acceptors (Lipinski definition) is 5. The Hall–Kier alpha value is -2.54. The molecule has 0 saturated heterocycles. The van der Waals surface area contributed by atoms with Crippen molar-refractivity contribution in [2.75, 3.05) is 20.8 Å². The summed E-state index contributed by atoms with van der Waals surface area (Å²) in [7, 11) is -0.512. The Morgan fingerprint density at radius 1 is 0.917 bits per heavy atom. The Bertz CT molecular complexity index is 843. The molecule has 0 saturated carbocycles. The van der Waals surface area contributed by atoms with E-state index in [9.17, 15) is 8.42 Å². The van der Waals surface area contributed by atoms with Crippen LogP contribution < -0.4 is 9.47 Å². The number of sulfonamides is 1. The van der Waals surface area contributed by atoms with Crippen molar-refractivity contribution in [3.63, 3.8) is 0 Å². The van der Waals surface area contributed by atoms with E-state index in [0.717, 1.165) is 21.4 Å². The molecule has 1 aliphatic heterocycles. The van der Waals surface area contributed by atoms with Crippen molar-refractivity contribution in [3.8, 4) is 11.5 Å². The molecule has 7 heteroatoms. The molecule has 24 heavy (non-hydrogen) atoms. The summed E-state index contributed by atoms with van der Waals surface area (Å²) >= 11 is 0. The van der Waals surface area contributed by atoms with Gasteiger partial charge >= 0.3 is 0 Å². The molecule has 0 bridgehead atoms. The first-order chi connectivity index (χ1) is 11.5. The van der Waals surface area contributed by atoms with E-state index >= 15 is 0 Å². The second-order valence-corrected chi connectivity index (χ2v) is 7.09. The van der Waals surface area contributed by atoms with Crippen LogP contribution in [0.3, 0.4) is 0 Å². The molecular weight excluding hydrogens is 328 g/mol. The average molecular weight is 346 g/mol. The Balaban J connectivity index is 1.85. The van der Waals surface area contributed by atoms with Gasteiger partial charge in [-0.2, -0.15) is 17.9 Å². The van der Waals surface area contributed by atoms with Gasteiger partial charge in [0.25, 0.3) is 10.0 Å². The minimum absolute atomic E-state index is 0.197. The zero-order chi connectivity index (χ0) is 17.2. The number of hydrazone groups is 1. The maximum Gasteiger partial charge on any atom is 0.279 e. The molecule has 0 aliphatic carbocycles. The summed E-state index contributed by atoms with van der Waals surface area (Å²) in [4.78, 5) is 0.197. The van der Waals surface area contributed by atoms with Crippen molar-refractivity contribution in [1.82, 2.24) is 4.41 Å². The molecule has 0 spiro atoms. The first kappa shape index (κ1) is 16.3. The van der Waals surface area contributed by atoms with Crippen LogP contribution in [0, 0.1) is 0 Å². The molecule has 0 atom stereocenters. The summed E-state index contributed by atoms with van der Waals surface area (Å²) in [5.74, 6) is 1.36. The molecular formula is C17H18N2O4S. The molecule has 0 aromatic heterocycles. The van der Waals surface area contributed by atoms with Crippen LogP contribution in [-0.4, -0.2) is 39.3 Å². The SMILES string of the molecule is COc1ccc(C2=NN(S(=O)(=O)c3ccc(OC)cc3)CC2)cc1. The van der Waals surface area contributed by atoms with Crippen molar-refractivity contribution < 1.29 is 17.9 Å². The molecule has 0 N–H and O–H groups in total. The summed E-state index contributed by atoms with van der Waals surface area (Å²) < 4.78 is 36.7. The number of nitrogens with zero attached hydrogens (tertiary/aromatic N) is 2. The topological polar surface area (TPSA) is 68.2 Å². The second kappa shape index (κ2) is 6.52. The molecule has 0 radical (unpaired) electrons. The van der Waals surface area contributed by atoms with Crippen LogP contribution in [0.2, 0.25) is 0 Å². The zero-order valence-corrected chi connectivity index (χ0v) is 14.3. The highest BCUT2D eigenvalue weighted by Gasteiger charge is 2.28. The summed E-state index contributed by atoms with van der Waals surface area (Å²) in [6.07, 6.45) is 0.571. The third kappa shape index (κ3) is 3.07. The highest BCUT2D eigenvalue weighted by molar-refractivity contribution is 7.89. The second-order valence-electron chi connectivity index (χ2n) is 5.25. The Labute approximate surface area is 141 Å². The number of hydrogen-bond donors (Lipinski definition) is 0. The molecule has 2 aromatic rings. The van der Waals surface area contributed by atoms with Gasteiger partial charge in [0.1, 0.15) is 11.5 Å². The Morgan fingerprint density at radius 2 is 1.46 bits per heavy atom. The largest absolute Gasteiger partial charge is 0.497 e. The minimum atomic E-state index is -3.65. The van der Waals surface area contributed by atoms with Gasteiger partial charge < -0.3 is 9.47 Å². The van der Waals surface area contributed by atoms with Gasteiger partial charge in [0.15, 0.2) is 0 Å². The average Bonchev–Trinajstić information content (AvgIpc) is 3.13. The lowest BCUT2D eigenvalue weighted by atomic mass is 10.1. The number of rotatable bonds is 5. The van der Waals surface area contributed by atoms with Gasteiger partial charge in [-0.25, -0.2) is 0 Å². The van der Waals surface area contributed by atoms with Crippen LogP contribution in [0.4, 0.5) is 0 Å². The predicted molar refractivity (Wildman–Crippen MR) is 91.0 cm³/mol. The quantitative estimate of drug-likeness (QED) is 0.834. The molecule has 0 fully saturated rings. The Kier molecular flexibility index (Phi) is 4.44. The monoisotopic (exact) mass is 346 g/mol. The van der Waals surface area contributed by atoms with Crippen molar-refractivity contribution >= 4 is 15.7 Å². The lowest BCUT2D eigenvalue weighted by molar-refractivity contribution is 0.414. The zero-order valence-electron chi connectivity index (χ0n) is 13.5. The number of methoxy groups -OCH3 is 2. The van der Waals surface area contributed by atoms with Gasteiger partial charge in [-0.05, 0) is 54.1 Å². The Morgan fingerprint density at radius 3 is 2.00 bits per heavy atom. The highest BCUT2D eigenvalue weighted by Crippen LogP contribution is 2.24. The van der Waals surface area contributed by atoms with E-state index < -0.39 is 10.0 Å². The maximum atomic E-state index is 12.7. The van der Waals surface area contributed by atoms with Gasteiger partial charge in [-0.1, -0.05) is 0 Å². The minimum Gasteiger partial charge on any atom is -0.497 e. The van der Waals surface area contributed by atoms with Gasteiger partial charge in [-0.3, -0.25) is 0 Å². The number of benzene rings is 2. The molecule has 3 rings (SSSR count). The van der Waals surface area contributed by atoms with E-state index in [1.807, 2.05) is 24.3 Å². The third-order valence-electron chi connectivity index (χ3n) is 3.83. The third-order valence-corrected chi connectivity index (χ3v) is 5.52. The first-order valence-corrected chi connectivity index (χ1v) is 8.87. The van der Waals surface area contributed by atoms with Crippen molar-refractivity contribution in [3.05, 3.63) is 54.1 Å². The van der Waals surface area contributed by atoms with Gasteiger partial charge in [-0.15, -0.1) is 0 Å². The van der Waals surface area contributed by atoms with Crippen molar-refractivity contribution in [2.45, 2.75) is 11.3 Å². The van der Waals surface area contributed by atoms with Crippen molar-refractivity contribution in [2.24, 2.45) is 5.10 Å². The van der Waals surface area contributed by atoms with E-state index in [-0.39, 0.29) is 4.90 Å². The number of ether oxygens (including phenoxy) is 2. The highest BCUT2D eigenvalue weighted by atomic mass is 32.2. The predicted octanol–water partition coefficient (Wildman–Crippen LogP) is 2.50. The lowest BCUT2D eigenvalue weighted by Crippen LogP contribution is -2.23. The molecule has 1 aliphatic rings. The molecule has 126 valence electrons. The van der Waals surface area contributed by atoms with E-state index in [1.165, 1.54) is 19.2 Å². The fourth-order valence-corrected chi connectivity index (χ4v) is 3.73. The van der Waals surface area contributed by atoms with Gasteiger partial charge in [0, 0.05) is 6.42 Å². The summed E-state index contributed by atoms with van der Waals surface area (Å²) in [6.45, 7) is 0.329. The van der Waals surface area contributed by atoms with E-state index in [2.05, 4.69) is 5.10 Å². The van der Waals surface area contributed by atoms with Crippen molar-refractivity contribution in [1.29, 1.82) is 0 Å². The maximum absolute atomic E-state index is 12.7. The van der Waals surface area contributed by atoms with E-state index in [1.54, 1.807) is 19.2 Å². The molecule has 0 unspecified atom stereocenters. The van der Waals surface area contributed by atoms with Gasteiger partial charge in [0.2, 0.25) is 0 Å². The van der Waals surface area contributed by atoms with E-state index in [0.29, 0.717) is 18.7 Å². The van der Waals surface area contributed by atoms with Crippen LogP contribution in [0.5, 0.6) is 11.5 Å². The fourth-order valence-electron chi connectivity index (χ4n) is 2.46. The molecule has 0 amide bonds. The van der Waals surface area contributed by atoms with Gasteiger partial charge in [0.05, 0.1) is 31.4 Å². The smallest absolute Gasteiger partial charge is 0.279 e. The summed E-state index contributed by atoms with van der Waals surface area (Å²) in [6, 6.07) is 13.7. The molecule has 6 nitrogen and oxygen atoms in total. The molecule has 1 heterocycles. The standard InChI is InChI=1S/C17H18N2O4S/c1-22-14-5-3-13(4-6-14)17-11-12-19(18-17)24(20,21)16-9-7-15(23-2)8-10-16/h3-10H,11-12H2,1-2H3. The van der Waals surface area contributed by atoms with Crippen LogP contribution in [0.15, 0.2) is 58.5 Å². The lowest BCUT2D eigenvalue weighted by Gasteiger charge is -2.14. The van der Waals surface area contributed by atoms with Crippen LogP contribution >= 0.6 is 0 Å². The van der Waals surface area contributed by atoms with Crippen LogP contribution in [0.1, 0.15) is 12.0 Å². The summed E-state index contributed by atoms with van der Waals surface area (Å²) in [5, 5.41) is 4.29.